The molecule has 0 amide bonds. The molecule has 4 aliphatic carbocycles. The Kier molecular flexibility index (Phi) is 4.49. The van der Waals surface area contributed by atoms with Gasteiger partial charge in [0, 0.05) is 23.5 Å². The van der Waals surface area contributed by atoms with Crippen molar-refractivity contribution in [3.63, 3.8) is 0 Å². The van der Waals surface area contributed by atoms with Crippen molar-refractivity contribution in [2.24, 2.45) is 17.3 Å². The van der Waals surface area contributed by atoms with Crippen molar-refractivity contribution in [1.82, 2.24) is 4.57 Å². The van der Waals surface area contributed by atoms with Crippen LogP contribution < -0.4 is 0 Å². The van der Waals surface area contributed by atoms with Gasteiger partial charge in [-0.3, -0.25) is 9.59 Å². The molecule has 4 fully saturated rings. The Balaban J connectivity index is 1.44. The molecule has 1 aromatic rings. The van der Waals surface area contributed by atoms with Crippen molar-refractivity contribution in [3.05, 3.63) is 23.0 Å². The average molecular weight is 373 g/mol. The summed E-state index contributed by atoms with van der Waals surface area (Å²) in [5, 5.41) is 10.8. The van der Waals surface area contributed by atoms with E-state index in [1.165, 1.54) is 0 Å². The number of aryl methyl sites for hydroxylation is 1. The molecule has 0 aliphatic heterocycles. The van der Waals surface area contributed by atoms with Gasteiger partial charge in [-0.15, -0.1) is 0 Å². The van der Waals surface area contributed by atoms with Crippen molar-refractivity contribution < 1.29 is 19.4 Å². The fourth-order valence-corrected chi connectivity index (χ4v) is 6.47. The van der Waals surface area contributed by atoms with Gasteiger partial charge in [0.25, 0.3) is 0 Å². The predicted molar refractivity (Wildman–Crippen MR) is 102 cm³/mol. The van der Waals surface area contributed by atoms with Gasteiger partial charge in [0.2, 0.25) is 5.78 Å². The first-order valence-electron chi connectivity index (χ1n) is 10.3. The van der Waals surface area contributed by atoms with E-state index >= 15 is 0 Å². The molecule has 5 rings (SSSR count). The Labute approximate surface area is 161 Å². The van der Waals surface area contributed by atoms with E-state index in [1.54, 1.807) is 0 Å². The molecule has 1 aromatic heterocycles. The van der Waals surface area contributed by atoms with Crippen molar-refractivity contribution in [2.75, 3.05) is 6.61 Å². The zero-order valence-electron chi connectivity index (χ0n) is 16.7. The second-order valence-corrected chi connectivity index (χ2v) is 9.40. The molecule has 4 atom stereocenters. The number of carbonyl (C=O) groups is 2. The van der Waals surface area contributed by atoms with E-state index in [9.17, 15) is 14.7 Å². The Hall–Kier alpha value is -1.62. The lowest BCUT2D eigenvalue weighted by molar-refractivity contribution is -0.195. The fraction of sp³-hybridized carbons (Fsp3) is 0.727. The van der Waals surface area contributed by atoms with Crippen LogP contribution in [0.2, 0.25) is 0 Å². The van der Waals surface area contributed by atoms with E-state index in [4.69, 9.17) is 4.74 Å². The summed E-state index contributed by atoms with van der Waals surface area (Å²) < 4.78 is 7.69. The van der Waals surface area contributed by atoms with E-state index in [1.807, 2.05) is 19.9 Å². The first-order valence-corrected chi connectivity index (χ1v) is 10.3. The molecule has 0 radical (unpaired) electrons. The van der Waals surface area contributed by atoms with E-state index in [0.717, 1.165) is 56.5 Å². The third-order valence-electron chi connectivity index (χ3n) is 7.12. The van der Waals surface area contributed by atoms with Crippen molar-refractivity contribution in [1.29, 1.82) is 0 Å². The molecule has 27 heavy (non-hydrogen) atoms. The van der Waals surface area contributed by atoms with Gasteiger partial charge in [-0.25, -0.2) is 0 Å². The molecule has 1 heterocycles. The molecule has 1 N–H and O–H groups in total. The summed E-state index contributed by atoms with van der Waals surface area (Å²) in [7, 11) is 0. The number of rotatable bonds is 6. The summed E-state index contributed by atoms with van der Waals surface area (Å²) in [6, 6.07) is 1.90. The molecular formula is C22H31NO4. The predicted octanol–water partition coefficient (Wildman–Crippen LogP) is 3.57. The third-order valence-corrected chi connectivity index (χ3v) is 7.12. The summed E-state index contributed by atoms with van der Waals surface area (Å²) in [4.78, 5) is 25.6. The lowest BCUT2D eigenvalue weighted by atomic mass is 9.48. The molecular weight excluding hydrogens is 342 g/mol. The summed E-state index contributed by atoms with van der Waals surface area (Å²) in [5.74, 6) is 0.438. The van der Waals surface area contributed by atoms with Gasteiger partial charge in [-0.1, -0.05) is 6.92 Å². The average Bonchev–Trinajstić information content (AvgIpc) is 2.86. The topological polar surface area (TPSA) is 68.5 Å². The number of aliphatic hydroxyl groups is 1. The summed E-state index contributed by atoms with van der Waals surface area (Å²) in [6.07, 6.45) is 5.90. The number of hydrogen-bond donors (Lipinski definition) is 1. The number of carbonyl (C=O) groups excluding carboxylic acids is 2. The van der Waals surface area contributed by atoms with Crippen LogP contribution in [0.1, 0.15) is 73.6 Å². The Morgan fingerprint density at radius 2 is 1.89 bits per heavy atom. The quantitative estimate of drug-likeness (QED) is 0.611. The van der Waals surface area contributed by atoms with Gasteiger partial charge < -0.3 is 14.4 Å². The number of ketones is 1. The maximum atomic E-state index is 12.9. The number of Topliss-reactive ketones (excluding diaryl/α,β-unsaturated/α-hetero) is 1. The second kappa shape index (κ2) is 6.47. The molecule has 148 valence electrons. The molecule has 5 heteroatoms. The van der Waals surface area contributed by atoms with Gasteiger partial charge >= 0.3 is 5.97 Å². The van der Waals surface area contributed by atoms with Gasteiger partial charge in [0.1, 0.15) is 0 Å². The first kappa shape index (κ1) is 18.7. The number of nitrogens with zero attached hydrogens (tertiary/aromatic N) is 1. The number of esters is 1. The Morgan fingerprint density at radius 1 is 1.22 bits per heavy atom. The van der Waals surface area contributed by atoms with Crippen LogP contribution in [0.5, 0.6) is 0 Å². The molecule has 0 spiro atoms. The Morgan fingerprint density at radius 3 is 2.48 bits per heavy atom. The van der Waals surface area contributed by atoms with Gasteiger partial charge in [0.05, 0.1) is 11.0 Å². The van der Waals surface area contributed by atoms with Crippen LogP contribution in [0.4, 0.5) is 0 Å². The summed E-state index contributed by atoms with van der Waals surface area (Å²) in [6.45, 7) is 6.75. The highest BCUT2D eigenvalue weighted by Gasteiger charge is 2.60. The van der Waals surface area contributed by atoms with E-state index in [-0.39, 0.29) is 18.4 Å². The largest absolute Gasteiger partial charge is 0.457 e. The SMILES string of the molecule is CCCn1c(C)cc(C(=O)COC(=O)C23C[C@@H]4C[C@@H](CC(O)(C4)C2)C3)c1C. The molecule has 0 aromatic carbocycles. The van der Waals surface area contributed by atoms with Crippen LogP contribution in [-0.4, -0.2) is 33.6 Å². The maximum absolute atomic E-state index is 12.9. The van der Waals surface area contributed by atoms with Crippen LogP contribution in [0, 0.1) is 31.1 Å². The molecule has 4 bridgehead atoms. The molecule has 0 saturated heterocycles. The van der Waals surface area contributed by atoms with Gasteiger partial charge in [-0.2, -0.15) is 0 Å². The van der Waals surface area contributed by atoms with Crippen LogP contribution in [-0.2, 0) is 16.1 Å². The van der Waals surface area contributed by atoms with E-state index in [2.05, 4.69) is 11.5 Å². The molecule has 5 nitrogen and oxygen atoms in total. The minimum Gasteiger partial charge on any atom is -0.457 e. The van der Waals surface area contributed by atoms with Crippen molar-refractivity contribution >= 4 is 11.8 Å². The van der Waals surface area contributed by atoms with E-state index < -0.39 is 11.0 Å². The van der Waals surface area contributed by atoms with Crippen LogP contribution >= 0.6 is 0 Å². The Bertz CT molecular complexity index is 764. The molecule has 4 saturated carbocycles. The minimum absolute atomic E-state index is 0.137. The highest BCUT2D eigenvalue weighted by molar-refractivity contribution is 5.99. The zero-order chi connectivity index (χ0) is 19.4. The monoisotopic (exact) mass is 373 g/mol. The third kappa shape index (κ3) is 3.14. The zero-order valence-corrected chi connectivity index (χ0v) is 16.7. The first-order chi connectivity index (χ1) is 12.8. The molecule has 4 aliphatic rings. The molecule has 2 unspecified atom stereocenters. The number of ether oxygens (including phenoxy) is 1. The van der Waals surface area contributed by atoms with Crippen LogP contribution in [0.3, 0.4) is 0 Å². The highest BCUT2D eigenvalue weighted by Crippen LogP contribution is 2.61. The van der Waals surface area contributed by atoms with Gasteiger partial charge in [-0.05, 0) is 76.7 Å². The minimum atomic E-state index is -0.696. The van der Waals surface area contributed by atoms with Crippen LogP contribution in [0.15, 0.2) is 6.07 Å². The lowest BCUT2D eigenvalue weighted by Crippen LogP contribution is -2.58. The normalized spacial score (nSPS) is 34.1. The van der Waals surface area contributed by atoms with Gasteiger partial charge in [0.15, 0.2) is 6.61 Å². The lowest BCUT2D eigenvalue weighted by Gasteiger charge is -2.58. The highest BCUT2D eigenvalue weighted by atomic mass is 16.5. The summed E-state index contributed by atoms with van der Waals surface area (Å²) in [5.41, 5.74) is 1.39. The maximum Gasteiger partial charge on any atom is 0.312 e. The standard InChI is InChI=1S/C22H31NO4/c1-4-5-23-14(2)6-18(15(23)3)19(24)12-27-20(25)21-8-16-7-17(9-21)11-22(26,10-16)13-21/h6,16-17,26H,4-5,7-13H2,1-3H3/t16-,17+,21?,22?. The number of aromatic nitrogens is 1. The van der Waals surface area contributed by atoms with Crippen LogP contribution in [0.25, 0.3) is 0 Å². The second-order valence-electron chi connectivity index (χ2n) is 9.40. The fourth-order valence-electron chi connectivity index (χ4n) is 6.47. The summed E-state index contributed by atoms with van der Waals surface area (Å²) >= 11 is 0. The van der Waals surface area contributed by atoms with Crippen molar-refractivity contribution in [2.45, 2.75) is 77.9 Å². The smallest absolute Gasteiger partial charge is 0.312 e. The van der Waals surface area contributed by atoms with Crippen molar-refractivity contribution in [3.8, 4) is 0 Å². The number of hydrogen-bond acceptors (Lipinski definition) is 4. The van der Waals surface area contributed by atoms with E-state index in [0.29, 0.717) is 23.8 Å².